The van der Waals surface area contributed by atoms with Crippen molar-refractivity contribution in [3.63, 3.8) is 0 Å². The highest BCUT2D eigenvalue weighted by Crippen LogP contribution is 1.99. The van der Waals surface area contributed by atoms with Crippen molar-refractivity contribution in [3.8, 4) is 0 Å². The monoisotopic (exact) mass is 251 g/mol. The number of nitrogens with zero attached hydrogens (tertiary/aromatic N) is 2. The van der Waals surface area contributed by atoms with Crippen molar-refractivity contribution in [2.75, 3.05) is 65.4 Å². The van der Waals surface area contributed by atoms with Gasteiger partial charge in [-0.15, -0.1) is 12.4 Å². The first-order chi connectivity index (χ1) is 7.36. The topological polar surface area (TPSA) is 70.5 Å². The van der Waals surface area contributed by atoms with Gasteiger partial charge in [0, 0.05) is 65.4 Å². The van der Waals surface area contributed by atoms with Gasteiger partial charge in [-0.25, -0.2) is 0 Å². The average Bonchev–Trinajstić information content (AvgIpc) is 2.27. The predicted molar refractivity (Wildman–Crippen MR) is 71.1 cm³/mol. The van der Waals surface area contributed by atoms with Crippen LogP contribution in [0.2, 0.25) is 0 Å². The Labute approximate surface area is 105 Å². The second kappa shape index (κ2) is 10.3. The molecule has 0 radical (unpaired) electrons. The van der Waals surface area contributed by atoms with Crippen LogP contribution in [0.25, 0.3) is 0 Å². The number of hydrogen-bond donors (Lipinski definition) is 3. The zero-order valence-corrected chi connectivity index (χ0v) is 10.8. The van der Waals surface area contributed by atoms with Gasteiger partial charge in [-0.05, 0) is 0 Å². The standard InChI is InChI=1S/C10H25N5.ClH/c11-1-3-13-4-6-15-9-7-14(5-2-12)8-10-15;/h13H,1-12H2;1H. The molecule has 5 nitrogen and oxygen atoms in total. The normalized spacial score (nSPS) is 18.4. The zero-order chi connectivity index (χ0) is 10.9. The molecule has 0 amide bonds. The lowest BCUT2D eigenvalue weighted by Gasteiger charge is -2.34. The van der Waals surface area contributed by atoms with Gasteiger partial charge >= 0.3 is 0 Å². The van der Waals surface area contributed by atoms with Crippen molar-refractivity contribution < 1.29 is 0 Å². The van der Waals surface area contributed by atoms with Gasteiger partial charge in [-0.3, -0.25) is 9.80 Å². The Bertz CT molecular complexity index is 147. The Kier molecular flexibility index (Phi) is 10.3. The van der Waals surface area contributed by atoms with E-state index in [9.17, 15) is 0 Å². The molecule has 16 heavy (non-hydrogen) atoms. The number of halogens is 1. The molecule has 1 fully saturated rings. The summed E-state index contributed by atoms with van der Waals surface area (Å²) < 4.78 is 0. The molecule has 5 N–H and O–H groups in total. The van der Waals surface area contributed by atoms with E-state index in [1.54, 1.807) is 0 Å². The van der Waals surface area contributed by atoms with Crippen molar-refractivity contribution in [1.82, 2.24) is 15.1 Å². The van der Waals surface area contributed by atoms with Gasteiger partial charge in [0.25, 0.3) is 0 Å². The smallest absolute Gasteiger partial charge is 0.0110 e. The van der Waals surface area contributed by atoms with Crippen LogP contribution in [-0.2, 0) is 0 Å². The minimum atomic E-state index is 0. The molecular weight excluding hydrogens is 226 g/mol. The molecule has 1 aliphatic heterocycles. The van der Waals surface area contributed by atoms with E-state index in [0.29, 0.717) is 0 Å². The number of nitrogens with one attached hydrogen (secondary N) is 1. The molecule has 1 saturated heterocycles. The summed E-state index contributed by atoms with van der Waals surface area (Å²) in [5.74, 6) is 0. The molecule has 0 saturated carbocycles. The maximum atomic E-state index is 5.53. The maximum absolute atomic E-state index is 5.53. The third-order valence-electron chi connectivity index (χ3n) is 2.84. The van der Waals surface area contributed by atoms with Gasteiger partial charge in [0.1, 0.15) is 0 Å². The largest absolute Gasteiger partial charge is 0.329 e. The average molecular weight is 252 g/mol. The summed E-state index contributed by atoms with van der Waals surface area (Å²) in [5.41, 5.74) is 10.9. The molecule has 0 aliphatic carbocycles. The van der Waals surface area contributed by atoms with Crippen LogP contribution < -0.4 is 16.8 Å². The van der Waals surface area contributed by atoms with Gasteiger partial charge in [0.2, 0.25) is 0 Å². The van der Waals surface area contributed by atoms with E-state index in [4.69, 9.17) is 11.5 Å². The lowest BCUT2D eigenvalue weighted by Crippen LogP contribution is -2.49. The third kappa shape index (κ3) is 6.62. The highest BCUT2D eigenvalue weighted by molar-refractivity contribution is 5.85. The van der Waals surface area contributed by atoms with Crippen LogP contribution in [0.5, 0.6) is 0 Å². The molecule has 0 aromatic carbocycles. The van der Waals surface area contributed by atoms with E-state index in [-0.39, 0.29) is 12.4 Å². The van der Waals surface area contributed by atoms with E-state index in [2.05, 4.69) is 15.1 Å². The van der Waals surface area contributed by atoms with Crippen molar-refractivity contribution in [1.29, 1.82) is 0 Å². The predicted octanol–water partition coefficient (Wildman–Crippen LogP) is -1.47. The Morgan fingerprint density at radius 3 is 1.88 bits per heavy atom. The summed E-state index contributed by atoms with van der Waals surface area (Å²) in [6.07, 6.45) is 0. The zero-order valence-electron chi connectivity index (χ0n) is 10.0. The van der Waals surface area contributed by atoms with E-state index in [1.165, 1.54) is 13.1 Å². The van der Waals surface area contributed by atoms with E-state index < -0.39 is 0 Å². The first-order valence-electron chi connectivity index (χ1n) is 5.92. The lowest BCUT2D eigenvalue weighted by molar-refractivity contribution is 0.136. The van der Waals surface area contributed by atoms with E-state index >= 15 is 0 Å². The molecule has 0 aromatic heterocycles. The van der Waals surface area contributed by atoms with Gasteiger partial charge < -0.3 is 16.8 Å². The molecule has 1 aliphatic rings. The number of hydrogen-bond acceptors (Lipinski definition) is 5. The minimum Gasteiger partial charge on any atom is -0.329 e. The number of rotatable bonds is 7. The molecular formula is C10H26ClN5. The highest BCUT2D eigenvalue weighted by atomic mass is 35.5. The molecule has 0 atom stereocenters. The fourth-order valence-corrected chi connectivity index (χ4v) is 1.88. The third-order valence-corrected chi connectivity index (χ3v) is 2.84. The molecule has 0 bridgehead atoms. The fourth-order valence-electron chi connectivity index (χ4n) is 1.88. The Balaban J connectivity index is 0.00000225. The summed E-state index contributed by atoms with van der Waals surface area (Å²) in [6.45, 7) is 10.3. The van der Waals surface area contributed by atoms with Gasteiger partial charge in [0.05, 0.1) is 0 Å². The van der Waals surface area contributed by atoms with Crippen LogP contribution in [0.4, 0.5) is 0 Å². The number of piperazine rings is 1. The second-order valence-electron chi connectivity index (χ2n) is 4.01. The molecule has 6 heteroatoms. The van der Waals surface area contributed by atoms with E-state index in [1.807, 2.05) is 0 Å². The Morgan fingerprint density at radius 1 is 0.812 bits per heavy atom. The summed E-state index contributed by atoms with van der Waals surface area (Å²) >= 11 is 0. The van der Waals surface area contributed by atoms with Crippen LogP contribution in [0, 0.1) is 0 Å². The van der Waals surface area contributed by atoms with Gasteiger partial charge in [-0.1, -0.05) is 0 Å². The molecule has 0 unspecified atom stereocenters. The molecule has 1 heterocycles. The van der Waals surface area contributed by atoms with Crippen molar-refractivity contribution in [3.05, 3.63) is 0 Å². The first-order valence-corrected chi connectivity index (χ1v) is 5.92. The van der Waals surface area contributed by atoms with E-state index in [0.717, 1.165) is 52.4 Å². The SMILES string of the molecule is Cl.NCCNCCN1CCN(CCN)CC1. The van der Waals surface area contributed by atoms with Crippen molar-refractivity contribution in [2.24, 2.45) is 11.5 Å². The molecule has 0 aromatic rings. The highest BCUT2D eigenvalue weighted by Gasteiger charge is 2.14. The van der Waals surface area contributed by atoms with Crippen LogP contribution in [0.1, 0.15) is 0 Å². The molecule has 98 valence electrons. The van der Waals surface area contributed by atoms with Crippen LogP contribution in [-0.4, -0.2) is 75.2 Å². The van der Waals surface area contributed by atoms with Gasteiger partial charge in [-0.2, -0.15) is 0 Å². The summed E-state index contributed by atoms with van der Waals surface area (Å²) in [6, 6.07) is 0. The fraction of sp³-hybridized carbons (Fsp3) is 1.00. The maximum Gasteiger partial charge on any atom is 0.0110 e. The second-order valence-corrected chi connectivity index (χ2v) is 4.01. The van der Waals surface area contributed by atoms with Crippen LogP contribution >= 0.6 is 12.4 Å². The Hall–Kier alpha value is 0.0900. The summed E-state index contributed by atoms with van der Waals surface area (Å²) in [5, 5.41) is 3.32. The quantitative estimate of drug-likeness (QED) is 0.482. The number of nitrogens with two attached hydrogens (primary N) is 2. The Morgan fingerprint density at radius 2 is 1.38 bits per heavy atom. The van der Waals surface area contributed by atoms with Crippen LogP contribution in [0.3, 0.4) is 0 Å². The van der Waals surface area contributed by atoms with Gasteiger partial charge in [0.15, 0.2) is 0 Å². The minimum absolute atomic E-state index is 0. The van der Waals surface area contributed by atoms with Crippen molar-refractivity contribution >= 4 is 12.4 Å². The molecule has 1 rings (SSSR count). The van der Waals surface area contributed by atoms with Crippen LogP contribution in [0.15, 0.2) is 0 Å². The summed E-state index contributed by atoms with van der Waals surface area (Å²) in [7, 11) is 0. The summed E-state index contributed by atoms with van der Waals surface area (Å²) in [4.78, 5) is 4.93. The lowest BCUT2D eigenvalue weighted by atomic mass is 10.3. The molecule has 0 spiro atoms. The van der Waals surface area contributed by atoms with Crippen molar-refractivity contribution in [2.45, 2.75) is 0 Å². The first kappa shape index (κ1) is 16.1.